The summed E-state index contributed by atoms with van der Waals surface area (Å²) in [5.41, 5.74) is 1.79. The van der Waals surface area contributed by atoms with Crippen LogP contribution in [0.4, 0.5) is 0 Å². The Balaban J connectivity index is 2.14. The van der Waals surface area contributed by atoms with Crippen molar-refractivity contribution in [3.05, 3.63) is 59.2 Å². The van der Waals surface area contributed by atoms with Gasteiger partial charge in [-0.3, -0.25) is 4.79 Å². The van der Waals surface area contributed by atoms with E-state index in [1.807, 2.05) is 6.92 Å². The standard InChI is InChI=1S/C19H21NO6S/c1-3-14-7-8-16(27(2,24)25)10-17(14)19(23)20-11-13-5-4-6-15(9-13)26-12-18(21)22/h4-10H,3,11-12H2,1-2H3,(H,20,23)(H,21,22). The van der Waals surface area contributed by atoms with Crippen LogP contribution in [0.3, 0.4) is 0 Å². The molecule has 2 aromatic carbocycles. The average molecular weight is 391 g/mol. The average Bonchev–Trinajstić information content (AvgIpc) is 2.63. The van der Waals surface area contributed by atoms with Crippen LogP contribution in [0.2, 0.25) is 0 Å². The van der Waals surface area contributed by atoms with Crippen molar-refractivity contribution in [3.8, 4) is 5.75 Å². The van der Waals surface area contributed by atoms with Gasteiger partial charge in [-0.1, -0.05) is 25.1 Å². The lowest BCUT2D eigenvalue weighted by Gasteiger charge is -2.11. The number of hydrogen-bond donors (Lipinski definition) is 2. The van der Waals surface area contributed by atoms with Crippen molar-refractivity contribution in [3.63, 3.8) is 0 Å². The van der Waals surface area contributed by atoms with Crippen LogP contribution >= 0.6 is 0 Å². The third-order valence-electron chi connectivity index (χ3n) is 3.85. The molecular weight excluding hydrogens is 370 g/mol. The van der Waals surface area contributed by atoms with Gasteiger partial charge in [0.1, 0.15) is 5.75 Å². The lowest BCUT2D eigenvalue weighted by molar-refractivity contribution is -0.139. The minimum absolute atomic E-state index is 0.0916. The van der Waals surface area contributed by atoms with Gasteiger partial charge in [0, 0.05) is 18.4 Å². The molecule has 0 saturated carbocycles. The highest BCUT2D eigenvalue weighted by Crippen LogP contribution is 2.18. The molecule has 7 nitrogen and oxygen atoms in total. The van der Waals surface area contributed by atoms with Crippen LogP contribution in [0.25, 0.3) is 0 Å². The summed E-state index contributed by atoms with van der Waals surface area (Å²) in [4.78, 5) is 23.2. The number of carbonyl (C=O) groups is 2. The fraction of sp³-hybridized carbons (Fsp3) is 0.263. The van der Waals surface area contributed by atoms with Crippen LogP contribution in [0.5, 0.6) is 5.75 Å². The molecule has 0 saturated heterocycles. The summed E-state index contributed by atoms with van der Waals surface area (Å²) in [6.45, 7) is 1.62. The van der Waals surface area contributed by atoms with Crippen molar-refractivity contribution in [2.45, 2.75) is 24.8 Å². The summed E-state index contributed by atoms with van der Waals surface area (Å²) in [7, 11) is -3.41. The quantitative estimate of drug-likeness (QED) is 0.713. The molecule has 0 aromatic heterocycles. The molecule has 0 spiro atoms. The Hall–Kier alpha value is -2.87. The second-order valence-corrected chi connectivity index (χ2v) is 7.97. The normalized spacial score (nSPS) is 11.0. The maximum Gasteiger partial charge on any atom is 0.341 e. The van der Waals surface area contributed by atoms with Gasteiger partial charge in [0.05, 0.1) is 4.90 Å². The predicted molar refractivity (Wildman–Crippen MR) is 99.7 cm³/mol. The van der Waals surface area contributed by atoms with E-state index >= 15 is 0 Å². The molecule has 0 radical (unpaired) electrons. The Morgan fingerprint density at radius 3 is 2.52 bits per heavy atom. The first-order valence-corrected chi connectivity index (χ1v) is 10.1. The summed E-state index contributed by atoms with van der Waals surface area (Å²) in [5.74, 6) is -1.07. The zero-order valence-corrected chi connectivity index (χ0v) is 15.9. The number of sulfone groups is 1. The van der Waals surface area contributed by atoms with Gasteiger partial charge in [0.25, 0.3) is 5.91 Å². The molecule has 1 amide bonds. The number of ether oxygens (including phenoxy) is 1. The zero-order valence-electron chi connectivity index (χ0n) is 15.1. The summed E-state index contributed by atoms with van der Waals surface area (Å²) in [6.07, 6.45) is 1.68. The van der Waals surface area contributed by atoms with Crippen molar-refractivity contribution in [2.75, 3.05) is 12.9 Å². The van der Waals surface area contributed by atoms with Gasteiger partial charge in [-0.25, -0.2) is 13.2 Å². The topological polar surface area (TPSA) is 110 Å². The zero-order chi connectivity index (χ0) is 20.0. The Morgan fingerprint density at radius 2 is 1.89 bits per heavy atom. The van der Waals surface area contributed by atoms with Crippen molar-refractivity contribution < 1.29 is 27.9 Å². The van der Waals surface area contributed by atoms with E-state index in [9.17, 15) is 18.0 Å². The maximum atomic E-state index is 12.6. The van der Waals surface area contributed by atoms with E-state index < -0.39 is 22.4 Å². The van der Waals surface area contributed by atoms with Crippen molar-refractivity contribution in [1.29, 1.82) is 0 Å². The number of hydrogen-bond acceptors (Lipinski definition) is 5. The molecule has 27 heavy (non-hydrogen) atoms. The van der Waals surface area contributed by atoms with Gasteiger partial charge in [0.2, 0.25) is 0 Å². The Morgan fingerprint density at radius 1 is 1.15 bits per heavy atom. The molecule has 2 N–H and O–H groups in total. The summed E-state index contributed by atoms with van der Waals surface area (Å²) < 4.78 is 28.6. The van der Waals surface area contributed by atoms with E-state index in [0.29, 0.717) is 17.7 Å². The number of amides is 1. The monoisotopic (exact) mass is 391 g/mol. The van der Waals surface area contributed by atoms with E-state index in [4.69, 9.17) is 9.84 Å². The van der Waals surface area contributed by atoms with Gasteiger partial charge in [0.15, 0.2) is 16.4 Å². The molecule has 2 rings (SSSR count). The molecule has 0 fully saturated rings. The minimum atomic E-state index is -3.41. The number of aryl methyl sites for hydroxylation is 1. The van der Waals surface area contributed by atoms with E-state index in [-0.39, 0.29) is 17.3 Å². The number of carboxylic acids is 1. The molecule has 0 atom stereocenters. The van der Waals surface area contributed by atoms with Crippen LogP contribution in [0.15, 0.2) is 47.4 Å². The van der Waals surface area contributed by atoms with Gasteiger partial charge in [-0.05, 0) is 41.8 Å². The number of aliphatic carboxylic acids is 1. The fourth-order valence-corrected chi connectivity index (χ4v) is 3.12. The number of carbonyl (C=O) groups excluding carboxylic acids is 1. The fourth-order valence-electron chi connectivity index (χ4n) is 2.47. The van der Waals surface area contributed by atoms with E-state index in [2.05, 4.69) is 5.32 Å². The number of rotatable bonds is 8. The van der Waals surface area contributed by atoms with Crippen LogP contribution in [0.1, 0.15) is 28.4 Å². The number of nitrogens with one attached hydrogen (secondary N) is 1. The van der Waals surface area contributed by atoms with E-state index in [1.54, 1.807) is 30.3 Å². The van der Waals surface area contributed by atoms with E-state index in [1.165, 1.54) is 12.1 Å². The molecule has 0 aliphatic heterocycles. The van der Waals surface area contributed by atoms with Crippen molar-refractivity contribution in [1.82, 2.24) is 5.32 Å². The first kappa shape index (κ1) is 20.4. The third kappa shape index (κ3) is 5.82. The van der Waals surface area contributed by atoms with Gasteiger partial charge < -0.3 is 15.2 Å². The molecule has 0 bridgehead atoms. The molecule has 2 aromatic rings. The van der Waals surface area contributed by atoms with Crippen molar-refractivity contribution in [2.24, 2.45) is 0 Å². The smallest absolute Gasteiger partial charge is 0.341 e. The highest BCUT2D eigenvalue weighted by Gasteiger charge is 2.15. The van der Waals surface area contributed by atoms with Crippen LogP contribution in [-0.2, 0) is 27.6 Å². The lowest BCUT2D eigenvalue weighted by Crippen LogP contribution is -2.24. The first-order chi connectivity index (χ1) is 12.7. The maximum absolute atomic E-state index is 12.6. The molecule has 144 valence electrons. The highest BCUT2D eigenvalue weighted by molar-refractivity contribution is 7.90. The van der Waals surface area contributed by atoms with Gasteiger partial charge in [-0.2, -0.15) is 0 Å². The SMILES string of the molecule is CCc1ccc(S(C)(=O)=O)cc1C(=O)NCc1cccc(OCC(=O)O)c1. The van der Waals surface area contributed by atoms with Crippen LogP contribution in [-0.4, -0.2) is 38.3 Å². The largest absolute Gasteiger partial charge is 0.482 e. The first-order valence-electron chi connectivity index (χ1n) is 8.25. The molecule has 0 aliphatic carbocycles. The molecular formula is C19H21NO6S. The summed E-state index contributed by atoms with van der Waals surface area (Å²) in [6, 6.07) is 11.2. The van der Waals surface area contributed by atoms with Crippen LogP contribution < -0.4 is 10.1 Å². The third-order valence-corrected chi connectivity index (χ3v) is 4.96. The number of carboxylic acid groups (broad SMARTS) is 1. The predicted octanol–water partition coefficient (Wildman–Crippen LogP) is 2.05. The molecule has 8 heteroatoms. The molecule has 0 unspecified atom stereocenters. The van der Waals surface area contributed by atoms with Crippen LogP contribution in [0, 0.1) is 0 Å². The Kier molecular flexibility index (Phi) is 6.57. The minimum Gasteiger partial charge on any atom is -0.482 e. The second-order valence-electron chi connectivity index (χ2n) is 5.96. The Labute approximate surface area is 157 Å². The summed E-state index contributed by atoms with van der Waals surface area (Å²) >= 11 is 0. The summed E-state index contributed by atoms with van der Waals surface area (Å²) in [5, 5.41) is 11.4. The number of benzene rings is 2. The Bertz CT molecular complexity index is 952. The second kappa shape index (κ2) is 8.68. The lowest BCUT2D eigenvalue weighted by atomic mass is 10.0. The van der Waals surface area contributed by atoms with Gasteiger partial charge in [-0.15, -0.1) is 0 Å². The van der Waals surface area contributed by atoms with E-state index in [0.717, 1.165) is 17.4 Å². The highest BCUT2D eigenvalue weighted by atomic mass is 32.2. The molecule has 0 heterocycles. The molecule has 0 aliphatic rings. The van der Waals surface area contributed by atoms with Gasteiger partial charge >= 0.3 is 5.97 Å². The van der Waals surface area contributed by atoms with Crippen molar-refractivity contribution >= 4 is 21.7 Å².